The highest BCUT2D eigenvalue weighted by molar-refractivity contribution is 5.95. The molecule has 1 aliphatic heterocycles. The van der Waals surface area contributed by atoms with E-state index in [1.807, 2.05) is 78.9 Å². The molecule has 0 aliphatic carbocycles. The predicted octanol–water partition coefficient (Wildman–Crippen LogP) is 5.92. The molecule has 4 aromatic rings. The van der Waals surface area contributed by atoms with Crippen LogP contribution in [-0.4, -0.2) is 6.09 Å². The van der Waals surface area contributed by atoms with Crippen LogP contribution in [0.4, 0.5) is 16.2 Å². The van der Waals surface area contributed by atoms with Crippen molar-refractivity contribution in [1.82, 2.24) is 0 Å². The van der Waals surface area contributed by atoms with E-state index in [-0.39, 0.29) is 0 Å². The molecule has 1 amide bonds. The number of para-hydroxylation sites is 2. The molecule has 0 spiro atoms. The summed E-state index contributed by atoms with van der Waals surface area (Å²) in [5.74, 6) is 0. The third-order valence-electron chi connectivity index (χ3n) is 4.99. The standard InChI is InChI=1S/C24H18N2O2/c27-24-25(19-12-3-1-4-13-19)23(26(28-24)20-14-5-2-6-15-20)22-17-9-11-18-10-7-8-16-21(18)22/h1-17,23H. The average molecular weight is 366 g/mol. The molecule has 1 aliphatic rings. The van der Waals surface area contributed by atoms with Gasteiger partial charge in [-0.3, -0.25) is 0 Å². The van der Waals surface area contributed by atoms with E-state index in [1.165, 1.54) is 0 Å². The monoisotopic (exact) mass is 366 g/mol. The van der Waals surface area contributed by atoms with Gasteiger partial charge in [0.2, 0.25) is 0 Å². The lowest BCUT2D eigenvalue weighted by Crippen LogP contribution is -2.31. The molecule has 28 heavy (non-hydrogen) atoms. The first-order valence-corrected chi connectivity index (χ1v) is 9.21. The van der Waals surface area contributed by atoms with Crippen LogP contribution in [0.15, 0.2) is 103 Å². The molecule has 0 saturated carbocycles. The van der Waals surface area contributed by atoms with E-state index >= 15 is 0 Å². The van der Waals surface area contributed by atoms with Gasteiger partial charge >= 0.3 is 6.09 Å². The number of hydrogen-bond acceptors (Lipinski definition) is 3. The van der Waals surface area contributed by atoms with E-state index in [4.69, 9.17) is 4.84 Å². The topological polar surface area (TPSA) is 32.8 Å². The molecule has 1 fully saturated rings. The number of anilines is 2. The van der Waals surface area contributed by atoms with Crippen LogP contribution in [0.5, 0.6) is 0 Å². The maximum atomic E-state index is 12.9. The van der Waals surface area contributed by atoms with Crippen molar-refractivity contribution < 1.29 is 9.63 Å². The van der Waals surface area contributed by atoms with Crippen LogP contribution < -0.4 is 9.96 Å². The Labute approximate surface area is 163 Å². The highest BCUT2D eigenvalue weighted by Crippen LogP contribution is 2.41. The third-order valence-corrected chi connectivity index (χ3v) is 4.99. The van der Waals surface area contributed by atoms with Gasteiger partial charge in [-0.25, -0.2) is 9.69 Å². The first-order chi connectivity index (χ1) is 13.8. The summed E-state index contributed by atoms with van der Waals surface area (Å²) in [7, 11) is 0. The molecule has 4 heteroatoms. The molecule has 4 aromatic carbocycles. The van der Waals surface area contributed by atoms with E-state index < -0.39 is 12.3 Å². The normalized spacial score (nSPS) is 16.4. The number of hydroxylamine groups is 1. The van der Waals surface area contributed by atoms with Gasteiger partial charge < -0.3 is 4.84 Å². The highest BCUT2D eigenvalue weighted by atomic mass is 16.7. The molecule has 1 saturated heterocycles. The van der Waals surface area contributed by atoms with Crippen LogP contribution in [0.2, 0.25) is 0 Å². The molecule has 0 N–H and O–H groups in total. The van der Waals surface area contributed by atoms with Gasteiger partial charge in [-0.1, -0.05) is 78.9 Å². The second-order valence-corrected chi connectivity index (χ2v) is 6.67. The largest absolute Gasteiger partial charge is 0.440 e. The number of carbonyl (C=O) groups excluding carboxylic acids is 1. The van der Waals surface area contributed by atoms with Gasteiger partial charge in [-0.05, 0) is 35.0 Å². The van der Waals surface area contributed by atoms with Gasteiger partial charge in [0.05, 0.1) is 5.69 Å². The van der Waals surface area contributed by atoms with Crippen LogP contribution in [-0.2, 0) is 4.84 Å². The lowest BCUT2D eigenvalue weighted by molar-refractivity contribution is 0.164. The second kappa shape index (κ2) is 6.74. The summed E-state index contributed by atoms with van der Waals surface area (Å²) >= 11 is 0. The quantitative estimate of drug-likeness (QED) is 0.451. The molecular weight excluding hydrogens is 348 g/mol. The molecule has 136 valence electrons. The lowest BCUT2D eigenvalue weighted by Gasteiger charge is -2.28. The molecular formula is C24H18N2O2. The van der Waals surface area contributed by atoms with E-state index in [0.717, 1.165) is 27.7 Å². The molecule has 1 atom stereocenters. The van der Waals surface area contributed by atoms with Crippen LogP contribution in [0.1, 0.15) is 11.7 Å². The predicted molar refractivity (Wildman–Crippen MR) is 111 cm³/mol. The zero-order valence-corrected chi connectivity index (χ0v) is 15.1. The minimum absolute atomic E-state index is 0.395. The first-order valence-electron chi connectivity index (χ1n) is 9.21. The van der Waals surface area contributed by atoms with Crippen molar-refractivity contribution in [2.45, 2.75) is 6.17 Å². The molecule has 4 nitrogen and oxygen atoms in total. The number of carbonyl (C=O) groups is 1. The zero-order chi connectivity index (χ0) is 18.9. The Bertz CT molecular complexity index is 1120. The van der Waals surface area contributed by atoms with Crippen molar-refractivity contribution in [3.05, 3.63) is 109 Å². The SMILES string of the molecule is O=C1ON(c2ccccc2)C(c2cccc3ccccc23)N1c1ccccc1. The van der Waals surface area contributed by atoms with Gasteiger partial charge in [-0.15, -0.1) is 0 Å². The Kier molecular flexibility index (Phi) is 3.95. The summed E-state index contributed by atoms with van der Waals surface area (Å²) in [6.07, 6.45) is -0.809. The van der Waals surface area contributed by atoms with E-state index in [2.05, 4.69) is 24.3 Å². The Morgan fingerprint density at radius 1 is 0.643 bits per heavy atom. The Morgan fingerprint density at radius 3 is 2.00 bits per heavy atom. The minimum Gasteiger partial charge on any atom is -0.319 e. The van der Waals surface area contributed by atoms with E-state index in [1.54, 1.807) is 9.96 Å². The van der Waals surface area contributed by atoms with Gasteiger partial charge in [0.15, 0.2) is 6.17 Å². The Balaban J connectivity index is 1.73. The minimum atomic E-state index is -0.414. The fraction of sp³-hybridized carbons (Fsp3) is 0.0417. The van der Waals surface area contributed by atoms with Crippen molar-refractivity contribution in [2.24, 2.45) is 0 Å². The highest BCUT2D eigenvalue weighted by Gasteiger charge is 2.43. The van der Waals surface area contributed by atoms with Crippen molar-refractivity contribution in [3.63, 3.8) is 0 Å². The molecule has 0 bridgehead atoms. The average Bonchev–Trinajstić information content (AvgIpc) is 3.11. The molecule has 0 aromatic heterocycles. The van der Waals surface area contributed by atoms with Crippen molar-refractivity contribution >= 4 is 28.2 Å². The summed E-state index contributed by atoms with van der Waals surface area (Å²) in [5, 5.41) is 3.91. The van der Waals surface area contributed by atoms with Crippen molar-refractivity contribution in [2.75, 3.05) is 9.96 Å². The fourth-order valence-electron chi connectivity index (χ4n) is 3.73. The summed E-state index contributed by atoms with van der Waals surface area (Å²) in [6.45, 7) is 0. The number of fused-ring (bicyclic) bond motifs is 1. The van der Waals surface area contributed by atoms with Crippen LogP contribution in [0.3, 0.4) is 0 Å². The van der Waals surface area contributed by atoms with Gasteiger partial charge in [0.25, 0.3) is 0 Å². The molecule has 0 radical (unpaired) electrons. The van der Waals surface area contributed by atoms with Crippen molar-refractivity contribution in [1.29, 1.82) is 0 Å². The zero-order valence-electron chi connectivity index (χ0n) is 15.1. The summed E-state index contributed by atoms with van der Waals surface area (Å²) < 4.78 is 0. The van der Waals surface area contributed by atoms with Gasteiger partial charge in [-0.2, -0.15) is 5.06 Å². The van der Waals surface area contributed by atoms with Crippen molar-refractivity contribution in [3.8, 4) is 0 Å². The van der Waals surface area contributed by atoms with Crippen LogP contribution >= 0.6 is 0 Å². The molecule has 5 rings (SSSR count). The third kappa shape index (κ3) is 2.67. The fourth-order valence-corrected chi connectivity index (χ4v) is 3.73. The number of hydrogen-bond donors (Lipinski definition) is 0. The first kappa shape index (κ1) is 16.4. The van der Waals surface area contributed by atoms with Gasteiger partial charge in [0, 0.05) is 11.3 Å². The lowest BCUT2D eigenvalue weighted by atomic mass is 10.0. The summed E-state index contributed by atoms with van der Waals surface area (Å²) in [6, 6.07) is 33.7. The molecule has 1 heterocycles. The number of nitrogens with zero attached hydrogens (tertiary/aromatic N) is 2. The maximum absolute atomic E-state index is 12.9. The van der Waals surface area contributed by atoms with Crippen LogP contribution in [0.25, 0.3) is 10.8 Å². The van der Waals surface area contributed by atoms with E-state index in [0.29, 0.717) is 0 Å². The smallest absolute Gasteiger partial charge is 0.319 e. The van der Waals surface area contributed by atoms with Gasteiger partial charge in [0.1, 0.15) is 0 Å². The summed E-state index contributed by atoms with van der Waals surface area (Å²) in [5.41, 5.74) is 2.63. The number of rotatable bonds is 3. The Morgan fingerprint density at radius 2 is 1.25 bits per heavy atom. The second-order valence-electron chi connectivity index (χ2n) is 6.67. The van der Waals surface area contributed by atoms with Crippen LogP contribution in [0, 0.1) is 0 Å². The maximum Gasteiger partial charge on any atom is 0.440 e. The molecule has 1 unspecified atom stereocenters. The number of benzene rings is 4. The Hall–Kier alpha value is -3.79. The van der Waals surface area contributed by atoms with E-state index in [9.17, 15) is 4.79 Å². The number of amides is 1. The summed E-state index contributed by atoms with van der Waals surface area (Å²) in [4.78, 5) is 20.4.